The van der Waals surface area contributed by atoms with E-state index in [2.05, 4.69) is 35.0 Å². The van der Waals surface area contributed by atoms with E-state index < -0.39 is 0 Å². The number of ether oxygens (including phenoxy) is 1. The van der Waals surface area contributed by atoms with Gasteiger partial charge in [-0.1, -0.05) is 39.7 Å². The predicted octanol–water partition coefficient (Wildman–Crippen LogP) is 5.09. The summed E-state index contributed by atoms with van der Waals surface area (Å²) >= 11 is 3.35. The maximum Gasteiger partial charge on any atom is 0.125 e. The number of hydrogen-bond acceptors (Lipinski definition) is 1. The summed E-state index contributed by atoms with van der Waals surface area (Å²) in [7, 11) is 0. The van der Waals surface area contributed by atoms with Crippen LogP contribution in [0.1, 0.15) is 22.3 Å². The highest BCUT2D eigenvalue weighted by Gasteiger charge is 2.07. The van der Waals surface area contributed by atoms with Crippen LogP contribution in [-0.4, -0.2) is 0 Å². The zero-order valence-corrected chi connectivity index (χ0v) is 12.8. The van der Waals surface area contributed by atoms with Crippen molar-refractivity contribution < 1.29 is 9.13 Å². The molecule has 0 unspecified atom stereocenters. The standard InChI is InChI=1S/C16H16BrFO/c1-10-6-11(2)16(12(3)7-10)19-9-13-4-5-14(18)8-15(13)17/h4-8H,9H2,1-3H3. The van der Waals surface area contributed by atoms with Gasteiger partial charge < -0.3 is 4.74 Å². The minimum atomic E-state index is -0.252. The van der Waals surface area contributed by atoms with Crippen molar-refractivity contribution in [3.8, 4) is 5.75 Å². The molecule has 19 heavy (non-hydrogen) atoms. The Kier molecular flexibility index (Phi) is 4.25. The summed E-state index contributed by atoms with van der Waals surface area (Å²) in [4.78, 5) is 0. The molecule has 0 heterocycles. The summed E-state index contributed by atoms with van der Waals surface area (Å²) in [5, 5.41) is 0. The fourth-order valence-electron chi connectivity index (χ4n) is 2.18. The molecule has 100 valence electrons. The fraction of sp³-hybridized carbons (Fsp3) is 0.250. The number of benzene rings is 2. The van der Waals surface area contributed by atoms with Crippen molar-refractivity contribution in [2.45, 2.75) is 27.4 Å². The van der Waals surface area contributed by atoms with E-state index in [1.54, 1.807) is 6.07 Å². The molecule has 0 aromatic heterocycles. The third kappa shape index (κ3) is 3.35. The Morgan fingerprint density at radius 1 is 1.05 bits per heavy atom. The molecule has 2 aromatic carbocycles. The van der Waals surface area contributed by atoms with E-state index in [0.717, 1.165) is 26.9 Å². The smallest absolute Gasteiger partial charge is 0.125 e. The largest absolute Gasteiger partial charge is 0.488 e. The number of halogens is 2. The van der Waals surface area contributed by atoms with E-state index >= 15 is 0 Å². The van der Waals surface area contributed by atoms with E-state index in [0.29, 0.717) is 6.61 Å². The van der Waals surface area contributed by atoms with Gasteiger partial charge in [-0.25, -0.2) is 4.39 Å². The van der Waals surface area contributed by atoms with Gasteiger partial charge in [0.2, 0.25) is 0 Å². The van der Waals surface area contributed by atoms with Crippen molar-refractivity contribution in [2.24, 2.45) is 0 Å². The molecular weight excluding hydrogens is 307 g/mol. The average Bonchev–Trinajstić information content (AvgIpc) is 2.30. The molecule has 0 aliphatic rings. The first-order chi connectivity index (χ1) is 8.97. The zero-order chi connectivity index (χ0) is 14.0. The molecule has 3 heteroatoms. The van der Waals surface area contributed by atoms with Crippen LogP contribution in [0.4, 0.5) is 4.39 Å². The second-order valence-corrected chi connectivity index (χ2v) is 5.61. The third-order valence-electron chi connectivity index (χ3n) is 2.99. The van der Waals surface area contributed by atoms with Crippen molar-refractivity contribution >= 4 is 15.9 Å². The molecule has 0 spiro atoms. The van der Waals surface area contributed by atoms with Crippen LogP contribution in [0.2, 0.25) is 0 Å². The highest BCUT2D eigenvalue weighted by molar-refractivity contribution is 9.10. The first-order valence-corrected chi connectivity index (χ1v) is 6.91. The van der Waals surface area contributed by atoms with Crippen LogP contribution in [0.15, 0.2) is 34.8 Å². The topological polar surface area (TPSA) is 9.23 Å². The van der Waals surface area contributed by atoms with Gasteiger partial charge in [-0.2, -0.15) is 0 Å². The summed E-state index contributed by atoms with van der Waals surface area (Å²) in [5.74, 6) is 0.653. The molecule has 0 radical (unpaired) electrons. The van der Waals surface area contributed by atoms with Crippen molar-refractivity contribution in [1.29, 1.82) is 0 Å². The highest BCUT2D eigenvalue weighted by Crippen LogP contribution is 2.27. The Labute approximate surface area is 121 Å². The van der Waals surface area contributed by atoms with Crippen LogP contribution in [-0.2, 0) is 6.61 Å². The van der Waals surface area contributed by atoms with Crippen molar-refractivity contribution in [3.05, 3.63) is 62.9 Å². The van der Waals surface area contributed by atoms with Gasteiger partial charge in [-0.3, -0.25) is 0 Å². The Hall–Kier alpha value is -1.35. The molecule has 0 amide bonds. The van der Waals surface area contributed by atoms with E-state index in [4.69, 9.17) is 4.74 Å². The first kappa shape index (κ1) is 14.1. The fourth-order valence-corrected chi connectivity index (χ4v) is 2.65. The Morgan fingerprint density at radius 2 is 1.68 bits per heavy atom. The molecule has 0 saturated heterocycles. The van der Waals surface area contributed by atoms with Crippen LogP contribution >= 0.6 is 15.9 Å². The maximum atomic E-state index is 13.0. The lowest BCUT2D eigenvalue weighted by molar-refractivity contribution is 0.301. The molecular formula is C16H16BrFO. The Bertz CT molecular complexity index is 585. The predicted molar refractivity (Wildman–Crippen MR) is 79.1 cm³/mol. The van der Waals surface area contributed by atoms with Gasteiger partial charge >= 0.3 is 0 Å². The van der Waals surface area contributed by atoms with Crippen LogP contribution in [0, 0.1) is 26.6 Å². The summed E-state index contributed by atoms with van der Waals surface area (Å²) in [5.41, 5.74) is 4.40. The molecule has 2 rings (SSSR count). The molecule has 0 aliphatic carbocycles. The van der Waals surface area contributed by atoms with Gasteiger partial charge in [-0.05, 0) is 44.0 Å². The average molecular weight is 323 g/mol. The van der Waals surface area contributed by atoms with Gasteiger partial charge in [-0.15, -0.1) is 0 Å². The normalized spacial score (nSPS) is 10.6. The molecule has 0 aliphatic heterocycles. The number of aryl methyl sites for hydroxylation is 3. The minimum absolute atomic E-state index is 0.252. The lowest BCUT2D eigenvalue weighted by Crippen LogP contribution is -2.00. The monoisotopic (exact) mass is 322 g/mol. The van der Waals surface area contributed by atoms with Crippen molar-refractivity contribution in [3.63, 3.8) is 0 Å². The first-order valence-electron chi connectivity index (χ1n) is 6.12. The lowest BCUT2D eigenvalue weighted by atomic mass is 10.1. The molecule has 2 aromatic rings. The minimum Gasteiger partial charge on any atom is -0.488 e. The SMILES string of the molecule is Cc1cc(C)c(OCc2ccc(F)cc2Br)c(C)c1. The second kappa shape index (κ2) is 5.74. The van der Waals surface area contributed by atoms with Crippen LogP contribution < -0.4 is 4.74 Å². The molecule has 0 atom stereocenters. The molecule has 0 N–H and O–H groups in total. The quantitative estimate of drug-likeness (QED) is 0.764. The summed E-state index contributed by atoms with van der Waals surface area (Å²) in [6, 6.07) is 8.83. The van der Waals surface area contributed by atoms with Gasteiger partial charge in [0.05, 0.1) is 0 Å². The van der Waals surface area contributed by atoms with E-state index in [1.807, 2.05) is 13.8 Å². The van der Waals surface area contributed by atoms with E-state index in [-0.39, 0.29) is 5.82 Å². The van der Waals surface area contributed by atoms with E-state index in [9.17, 15) is 4.39 Å². The van der Waals surface area contributed by atoms with Gasteiger partial charge in [0.25, 0.3) is 0 Å². The summed E-state index contributed by atoms with van der Waals surface area (Å²) < 4.78 is 19.6. The number of hydrogen-bond donors (Lipinski definition) is 0. The lowest BCUT2D eigenvalue weighted by Gasteiger charge is -2.14. The molecule has 1 nitrogen and oxygen atoms in total. The summed E-state index contributed by atoms with van der Waals surface area (Å²) in [6.07, 6.45) is 0. The van der Waals surface area contributed by atoms with Gasteiger partial charge in [0.15, 0.2) is 0 Å². The van der Waals surface area contributed by atoms with Crippen molar-refractivity contribution in [1.82, 2.24) is 0 Å². The van der Waals surface area contributed by atoms with Gasteiger partial charge in [0.1, 0.15) is 18.2 Å². The molecule has 0 saturated carbocycles. The van der Waals surface area contributed by atoms with Crippen LogP contribution in [0.25, 0.3) is 0 Å². The Morgan fingerprint density at radius 3 is 2.26 bits per heavy atom. The maximum absolute atomic E-state index is 13.0. The van der Waals surface area contributed by atoms with Gasteiger partial charge in [0, 0.05) is 10.0 Å². The van der Waals surface area contributed by atoms with Crippen molar-refractivity contribution in [2.75, 3.05) is 0 Å². The third-order valence-corrected chi connectivity index (χ3v) is 3.73. The zero-order valence-electron chi connectivity index (χ0n) is 11.3. The Balaban J connectivity index is 2.19. The number of rotatable bonds is 3. The molecule has 0 bridgehead atoms. The van der Waals surface area contributed by atoms with E-state index in [1.165, 1.54) is 17.7 Å². The second-order valence-electron chi connectivity index (χ2n) is 4.75. The highest BCUT2D eigenvalue weighted by atomic mass is 79.9. The van der Waals surface area contributed by atoms with Crippen LogP contribution in [0.5, 0.6) is 5.75 Å². The summed E-state index contributed by atoms with van der Waals surface area (Å²) in [6.45, 7) is 6.57. The van der Waals surface area contributed by atoms with Crippen LogP contribution in [0.3, 0.4) is 0 Å². The molecule has 0 fully saturated rings.